The van der Waals surface area contributed by atoms with Gasteiger partial charge in [-0.1, -0.05) is 28.1 Å². The summed E-state index contributed by atoms with van der Waals surface area (Å²) >= 11 is 3.45. The number of nitrogens with zero attached hydrogens (tertiary/aromatic N) is 2. The monoisotopic (exact) mass is 463 g/mol. The van der Waals surface area contributed by atoms with E-state index in [2.05, 4.69) is 25.8 Å². The number of ether oxygens (including phenoxy) is 1. The number of carbonyl (C=O) groups is 1. The van der Waals surface area contributed by atoms with Crippen LogP contribution in [0.2, 0.25) is 0 Å². The van der Waals surface area contributed by atoms with Gasteiger partial charge in [-0.05, 0) is 73.5 Å². The predicted octanol–water partition coefficient (Wildman–Crippen LogP) is 5.09. The van der Waals surface area contributed by atoms with Crippen LogP contribution in [0.15, 0.2) is 64.6 Å². The molecule has 6 heteroatoms. The number of benzene rings is 2. The van der Waals surface area contributed by atoms with E-state index in [-0.39, 0.29) is 5.57 Å². The summed E-state index contributed by atoms with van der Waals surface area (Å²) in [6, 6.07) is 19.4. The minimum Gasteiger partial charge on any atom is -0.497 e. The Bertz CT molecular complexity index is 1120. The SMILES string of the molecule is COc1ccc(CNC(=O)/C(C#N)=C/c2cc(C)n(-c3ccc(Br)cc3)c2C)cc1. The van der Waals surface area contributed by atoms with Crippen LogP contribution in [0.5, 0.6) is 5.75 Å². The maximum absolute atomic E-state index is 12.5. The molecule has 2 aromatic carbocycles. The van der Waals surface area contributed by atoms with Gasteiger partial charge in [0, 0.05) is 28.1 Å². The highest BCUT2D eigenvalue weighted by Crippen LogP contribution is 2.24. The van der Waals surface area contributed by atoms with Crippen molar-refractivity contribution in [2.24, 2.45) is 0 Å². The van der Waals surface area contributed by atoms with Crippen LogP contribution in [0, 0.1) is 25.2 Å². The van der Waals surface area contributed by atoms with Crippen molar-refractivity contribution in [3.8, 4) is 17.5 Å². The molecule has 3 rings (SSSR count). The summed E-state index contributed by atoms with van der Waals surface area (Å²) in [4.78, 5) is 12.5. The number of nitriles is 1. The molecule has 1 amide bonds. The van der Waals surface area contributed by atoms with Gasteiger partial charge >= 0.3 is 0 Å². The van der Waals surface area contributed by atoms with Gasteiger partial charge in [-0.3, -0.25) is 4.79 Å². The lowest BCUT2D eigenvalue weighted by Gasteiger charge is -2.10. The molecular formula is C24H22BrN3O2. The number of aromatic nitrogens is 1. The van der Waals surface area contributed by atoms with E-state index in [9.17, 15) is 10.1 Å². The zero-order chi connectivity index (χ0) is 21.7. The van der Waals surface area contributed by atoms with Crippen molar-refractivity contribution >= 4 is 27.9 Å². The van der Waals surface area contributed by atoms with Crippen molar-refractivity contribution in [3.63, 3.8) is 0 Å². The predicted molar refractivity (Wildman–Crippen MR) is 121 cm³/mol. The molecule has 0 radical (unpaired) electrons. The number of rotatable bonds is 6. The van der Waals surface area contributed by atoms with E-state index in [1.54, 1.807) is 13.2 Å². The van der Waals surface area contributed by atoms with E-state index in [0.717, 1.165) is 38.4 Å². The summed E-state index contributed by atoms with van der Waals surface area (Å²) in [7, 11) is 1.61. The number of hydrogen-bond donors (Lipinski definition) is 1. The van der Waals surface area contributed by atoms with Crippen molar-refractivity contribution in [2.75, 3.05) is 7.11 Å². The standard InChI is InChI=1S/C24H22BrN3O2/c1-16-12-19(17(2)28(16)22-8-6-21(25)7-9-22)13-20(14-26)24(29)27-15-18-4-10-23(30-3)11-5-18/h4-13H,15H2,1-3H3,(H,27,29)/b20-13+. The zero-order valence-electron chi connectivity index (χ0n) is 17.1. The molecule has 0 spiro atoms. The molecule has 0 atom stereocenters. The van der Waals surface area contributed by atoms with Gasteiger partial charge in [-0.15, -0.1) is 0 Å². The molecule has 3 aromatic rings. The van der Waals surface area contributed by atoms with Crippen LogP contribution in [0.4, 0.5) is 0 Å². The third-order valence-corrected chi connectivity index (χ3v) is 5.36. The van der Waals surface area contributed by atoms with Crippen LogP contribution >= 0.6 is 15.9 Å². The van der Waals surface area contributed by atoms with E-state index in [0.29, 0.717) is 6.54 Å². The largest absolute Gasteiger partial charge is 0.497 e. The summed E-state index contributed by atoms with van der Waals surface area (Å²) in [6.07, 6.45) is 1.64. The number of amides is 1. The topological polar surface area (TPSA) is 67.0 Å². The first kappa shape index (κ1) is 21.4. The van der Waals surface area contributed by atoms with E-state index < -0.39 is 5.91 Å². The lowest BCUT2D eigenvalue weighted by molar-refractivity contribution is -0.117. The highest BCUT2D eigenvalue weighted by molar-refractivity contribution is 9.10. The van der Waals surface area contributed by atoms with E-state index in [4.69, 9.17) is 4.74 Å². The van der Waals surface area contributed by atoms with Crippen LogP contribution in [0.1, 0.15) is 22.5 Å². The normalized spacial score (nSPS) is 11.1. The molecular weight excluding hydrogens is 442 g/mol. The fourth-order valence-corrected chi connectivity index (χ4v) is 3.51. The van der Waals surface area contributed by atoms with Gasteiger partial charge in [-0.2, -0.15) is 5.26 Å². The highest BCUT2D eigenvalue weighted by atomic mass is 79.9. The molecule has 1 aromatic heterocycles. The molecule has 0 saturated heterocycles. The first-order valence-electron chi connectivity index (χ1n) is 9.40. The quantitative estimate of drug-likeness (QED) is 0.408. The second-order valence-electron chi connectivity index (χ2n) is 6.84. The molecule has 0 fully saturated rings. The second-order valence-corrected chi connectivity index (χ2v) is 7.75. The summed E-state index contributed by atoms with van der Waals surface area (Å²) < 4.78 is 8.24. The van der Waals surface area contributed by atoms with Crippen molar-refractivity contribution in [1.82, 2.24) is 9.88 Å². The first-order chi connectivity index (χ1) is 14.4. The van der Waals surface area contributed by atoms with Gasteiger partial charge in [-0.25, -0.2) is 0 Å². The maximum atomic E-state index is 12.5. The Balaban J connectivity index is 1.79. The fourth-order valence-electron chi connectivity index (χ4n) is 3.25. The summed E-state index contributed by atoms with van der Waals surface area (Å²) in [5, 5.41) is 12.3. The highest BCUT2D eigenvalue weighted by Gasteiger charge is 2.13. The fraction of sp³-hybridized carbons (Fsp3) is 0.167. The second kappa shape index (κ2) is 9.47. The van der Waals surface area contributed by atoms with Crippen LogP contribution in [0.3, 0.4) is 0 Å². The van der Waals surface area contributed by atoms with Gasteiger partial charge < -0.3 is 14.6 Å². The van der Waals surface area contributed by atoms with E-state index in [1.807, 2.05) is 74.5 Å². The third-order valence-electron chi connectivity index (χ3n) is 4.83. The number of halogens is 1. The van der Waals surface area contributed by atoms with Crippen molar-refractivity contribution in [3.05, 3.63) is 87.2 Å². The van der Waals surface area contributed by atoms with Crippen LogP contribution in [-0.4, -0.2) is 17.6 Å². The van der Waals surface area contributed by atoms with Crippen molar-refractivity contribution < 1.29 is 9.53 Å². The summed E-state index contributed by atoms with van der Waals surface area (Å²) in [5.74, 6) is 0.352. The minimum atomic E-state index is -0.401. The Labute approximate surface area is 184 Å². The van der Waals surface area contributed by atoms with E-state index in [1.165, 1.54) is 0 Å². The first-order valence-corrected chi connectivity index (χ1v) is 10.2. The van der Waals surface area contributed by atoms with Crippen molar-refractivity contribution in [1.29, 1.82) is 5.26 Å². The Hall–Kier alpha value is -3.30. The van der Waals surface area contributed by atoms with Gasteiger partial charge in [0.05, 0.1) is 7.11 Å². The minimum absolute atomic E-state index is 0.0690. The van der Waals surface area contributed by atoms with Gasteiger partial charge in [0.1, 0.15) is 17.4 Å². The Morgan fingerprint density at radius 1 is 1.17 bits per heavy atom. The number of hydrogen-bond acceptors (Lipinski definition) is 3. The lowest BCUT2D eigenvalue weighted by Crippen LogP contribution is -2.23. The summed E-state index contributed by atoms with van der Waals surface area (Å²) in [5.41, 5.74) is 4.85. The average molecular weight is 464 g/mol. The number of nitrogens with one attached hydrogen (secondary N) is 1. The summed E-state index contributed by atoms with van der Waals surface area (Å²) in [6.45, 7) is 4.31. The number of carbonyl (C=O) groups excluding carboxylic acids is 1. The molecule has 5 nitrogen and oxygen atoms in total. The average Bonchev–Trinajstić information content (AvgIpc) is 3.04. The smallest absolute Gasteiger partial charge is 0.262 e. The molecule has 152 valence electrons. The Morgan fingerprint density at radius 2 is 1.83 bits per heavy atom. The Kier molecular flexibility index (Phi) is 6.76. The number of aryl methyl sites for hydroxylation is 1. The van der Waals surface area contributed by atoms with Crippen LogP contribution in [-0.2, 0) is 11.3 Å². The molecule has 0 aliphatic heterocycles. The molecule has 30 heavy (non-hydrogen) atoms. The van der Waals surface area contributed by atoms with E-state index >= 15 is 0 Å². The maximum Gasteiger partial charge on any atom is 0.262 e. The molecule has 0 aliphatic rings. The molecule has 1 N–H and O–H groups in total. The molecule has 0 saturated carbocycles. The molecule has 0 bridgehead atoms. The molecule has 1 heterocycles. The van der Waals surface area contributed by atoms with Crippen LogP contribution < -0.4 is 10.1 Å². The van der Waals surface area contributed by atoms with Gasteiger partial charge in [0.2, 0.25) is 0 Å². The lowest BCUT2D eigenvalue weighted by atomic mass is 10.1. The van der Waals surface area contributed by atoms with Crippen LogP contribution in [0.25, 0.3) is 11.8 Å². The van der Waals surface area contributed by atoms with Gasteiger partial charge in [0.15, 0.2) is 0 Å². The Morgan fingerprint density at radius 3 is 2.43 bits per heavy atom. The molecule has 0 aliphatic carbocycles. The van der Waals surface area contributed by atoms with Gasteiger partial charge in [0.25, 0.3) is 5.91 Å². The zero-order valence-corrected chi connectivity index (χ0v) is 18.7. The third kappa shape index (κ3) is 4.81. The number of methoxy groups -OCH3 is 1. The van der Waals surface area contributed by atoms with Crippen molar-refractivity contribution in [2.45, 2.75) is 20.4 Å². The molecule has 0 unspecified atom stereocenters.